The van der Waals surface area contributed by atoms with Gasteiger partial charge in [0.25, 0.3) is 0 Å². The van der Waals surface area contributed by atoms with Crippen molar-refractivity contribution in [2.75, 3.05) is 5.88 Å². The van der Waals surface area contributed by atoms with Gasteiger partial charge in [0, 0.05) is 11.9 Å². The first-order valence-corrected chi connectivity index (χ1v) is 6.98. The third kappa shape index (κ3) is 5.09. The second-order valence-corrected chi connectivity index (χ2v) is 5.28. The minimum atomic E-state index is 0.0887. The van der Waals surface area contributed by atoms with Crippen LogP contribution in [0.3, 0.4) is 0 Å². The van der Waals surface area contributed by atoms with Crippen LogP contribution in [0.2, 0.25) is 0 Å². The summed E-state index contributed by atoms with van der Waals surface area (Å²) in [5.74, 6) is 0.739. The van der Waals surface area contributed by atoms with Crippen molar-refractivity contribution in [1.82, 2.24) is 5.32 Å². The van der Waals surface area contributed by atoms with Gasteiger partial charge in [0.15, 0.2) is 0 Å². The van der Waals surface area contributed by atoms with Crippen molar-refractivity contribution in [2.45, 2.75) is 46.1 Å². The summed E-state index contributed by atoms with van der Waals surface area (Å²) in [7, 11) is 0. The smallest absolute Gasteiger partial charge is 0.224 e. The minimum absolute atomic E-state index is 0.0887. The van der Waals surface area contributed by atoms with E-state index in [2.05, 4.69) is 23.5 Å². The summed E-state index contributed by atoms with van der Waals surface area (Å²) >= 11 is 5.64. The lowest BCUT2D eigenvalue weighted by atomic mass is 10.0. The minimum Gasteiger partial charge on any atom is -0.353 e. The Morgan fingerprint density at radius 3 is 2.78 bits per heavy atom. The van der Waals surface area contributed by atoms with Gasteiger partial charge in [-0.15, -0.1) is 11.6 Å². The second-order valence-electron chi connectivity index (χ2n) is 4.91. The molecule has 2 nitrogen and oxygen atoms in total. The van der Waals surface area contributed by atoms with Crippen LogP contribution in [0.15, 0.2) is 18.2 Å². The van der Waals surface area contributed by atoms with Gasteiger partial charge in [-0.05, 0) is 44.7 Å². The molecule has 0 aromatic heterocycles. The molecule has 0 aliphatic carbocycles. The molecule has 0 bridgehead atoms. The van der Waals surface area contributed by atoms with E-state index in [1.54, 1.807) is 0 Å². The van der Waals surface area contributed by atoms with Crippen LogP contribution < -0.4 is 5.32 Å². The van der Waals surface area contributed by atoms with E-state index in [-0.39, 0.29) is 11.9 Å². The largest absolute Gasteiger partial charge is 0.353 e. The summed E-state index contributed by atoms with van der Waals surface area (Å²) in [4.78, 5) is 11.9. The molecular weight excluding hydrogens is 246 g/mol. The van der Waals surface area contributed by atoms with Gasteiger partial charge in [-0.1, -0.05) is 23.8 Å². The van der Waals surface area contributed by atoms with E-state index in [1.807, 2.05) is 20.8 Å². The maximum absolute atomic E-state index is 11.9. The molecule has 0 heterocycles. The summed E-state index contributed by atoms with van der Waals surface area (Å²) in [6.07, 6.45) is 2.33. The molecule has 18 heavy (non-hydrogen) atoms. The number of nitrogens with one attached hydrogen (secondary N) is 1. The van der Waals surface area contributed by atoms with Gasteiger partial charge in [-0.3, -0.25) is 4.79 Å². The first-order valence-electron chi connectivity index (χ1n) is 6.44. The van der Waals surface area contributed by atoms with Crippen LogP contribution in [0.4, 0.5) is 0 Å². The standard InChI is InChI=1S/C15H22ClNO/c1-11-6-7-12(2)14(9-11)10-15(18)17-13(3)5-4-8-16/h6-7,9,13H,4-5,8,10H2,1-3H3,(H,17,18). The fourth-order valence-electron chi connectivity index (χ4n) is 1.95. The predicted octanol–water partition coefficient (Wildman–Crippen LogP) is 3.37. The van der Waals surface area contributed by atoms with Crippen molar-refractivity contribution in [3.8, 4) is 0 Å². The number of aryl methyl sites for hydroxylation is 2. The zero-order valence-electron chi connectivity index (χ0n) is 11.4. The Hall–Kier alpha value is -1.02. The summed E-state index contributed by atoms with van der Waals surface area (Å²) in [6.45, 7) is 6.11. The number of halogens is 1. The number of amides is 1. The van der Waals surface area contributed by atoms with Crippen LogP contribution in [0.25, 0.3) is 0 Å². The van der Waals surface area contributed by atoms with Crippen LogP contribution in [0, 0.1) is 13.8 Å². The van der Waals surface area contributed by atoms with Crippen molar-refractivity contribution in [1.29, 1.82) is 0 Å². The third-order valence-electron chi connectivity index (χ3n) is 3.03. The van der Waals surface area contributed by atoms with Crippen molar-refractivity contribution in [2.24, 2.45) is 0 Å². The van der Waals surface area contributed by atoms with Crippen LogP contribution in [0.5, 0.6) is 0 Å². The molecule has 1 amide bonds. The Labute approximate surface area is 115 Å². The van der Waals surface area contributed by atoms with Crippen molar-refractivity contribution >= 4 is 17.5 Å². The molecule has 1 atom stereocenters. The van der Waals surface area contributed by atoms with Crippen LogP contribution in [-0.4, -0.2) is 17.8 Å². The van der Waals surface area contributed by atoms with E-state index in [4.69, 9.17) is 11.6 Å². The molecule has 0 aliphatic rings. The first-order chi connectivity index (χ1) is 8.52. The lowest BCUT2D eigenvalue weighted by Gasteiger charge is -2.14. The average Bonchev–Trinajstić information content (AvgIpc) is 2.31. The van der Waals surface area contributed by atoms with Crippen molar-refractivity contribution in [3.63, 3.8) is 0 Å². The molecule has 1 rings (SSSR count). The predicted molar refractivity (Wildman–Crippen MR) is 77.2 cm³/mol. The van der Waals surface area contributed by atoms with Gasteiger partial charge in [0.2, 0.25) is 5.91 Å². The highest BCUT2D eigenvalue weighted by atomic mass is 35.5. The van der Waals surface area contributed by atoms with E-state index in [9.17, 15) is 4.79 Å². The Morgan fingerprint density at radius 1 is 1.39 bits per heavy atom. The number of carbonyl (C=O) groups excluding carboxylic acids is 1. The lowest BCUT2D eigenvalue weighted by Crippen LogP contribution is -2.33. The quantitative estimate of drug-likeness (QED) is 0.787. The first kappa shape index (κ1) is 15.0. The van der Waals surface area contributed by atoms with Gasteiger partial charge < -0.3 is 5.32 Å². The molecule has 1 N–H and O–H groups in total. The number of carbonyl (C=O) groups is 1. The van der Waals surface area contributed by atoms with E-state index >= 15 is 0 Å². The SMILES string of the molecule is Cc1ccc(C)c(CC(=O)NC(C)CCCCl)c1. The summed E-state index contributed by atoms with van der Waals surface area (Å²) in [5, 5.41) is 3.01. The lowest BCUT2D eigenvalue weighted by molar-refractivity contribution is -0.121. The monoisotopic (exact) mass is 267 g/mol. The fourth-order valence-corrected chi connectivity index (χ4v) is 2.10. The molecular formula is C15H22ClNO. The van der Waals surface area contributed by atoms with Gasteiger partial charge in [-0.25, -0.2) is 0 Å². The number of hydrogen-bond acceptors (Lipinski definition) is 1. The maximum atomic E-state index is 11.9. The van der Waals surface area contributed by atoms with Gasteiger partial charge in [0.05, 0.1) is 6.42 Å². The van der Waals surface area contributed by atoms with Gasteiger partial charge in [-0.2, -0.15) is 0 Å². The molecule has 1 aromatic carbocycles. The molecule has 0 aliphatic heterocycles. The molecule has 1 unspecified atom stereocenters. The van der Waals surface area contributed by atoms with Crippen LogP contribution >= 0.6 is 11.6 Å². The normalized spacial score (nSPS) is 12.2. The molecule has 100 valence electrons. The second kappa shape index (κ2) is 7.42. The summed E-state index contributed by atoms with van der Waals surface area (Å²) < 4.78 is 0. The molecule has 0 fully saturated rings. The highest BCUT2D eigenvalue weighted by Crippen LogP contribution is 2.11. The molecule has 1 aromatic rings. The van der Waals surface area contributed by atoms with E-state index in [0.29, 0.717) is 12.3 Å². The van der Waals surface area contributed by atoms with Gasteiger partial charge in [0.1, 0.15) is 0 Å². The van der Waals surface area contributed by atoms with E-state index in [1.165, 1.54) is 11.1 Å². The molecule has 0 spiro atoms. The van der Waals surface area contributed by atoms with Gasteiger partial charge >= 0.3 is 0 Å². The molecule has 3 heteroatoms. The van der Waals surface area contributed by atoms with Crippen LogP contribution in [0.1, 0.15) is 36.5 Å². The Bertz CT molecular complexity index is 403. The highest BCUT2D eigenvalue weighted by Gasteiger charge is 2.09. The topological polar surface area (TPSA) is 29.1 Å². The Balaban J connectivity index is 2.51. The fraction of sp³-hybridized carbons (Fsp3) is 0.533. The number of rotatable bonds is 6. The zero-order chi connectivity index (χ0) is 13.5. The van der Waals surface area contributed by atoms with Crippen molar-refractivity contribution < 1.29 is 4.79 Å². The highest BCUT2D eigenvalue weighted by molar-refractivity contribution is 6.17. The van der Waals surface area contributed by atoms with Crippen LogP contribution in [-0.2, 0) is 11.2 Å². The third-order valence-corrected chi connectivity index (χ3v) is 3.30. The maximum Gasteiger partial charge on any atom is 0.224 e. The Morgan fingerprint density at radius 2 is 2.11 bits per heavy atom. The number of alkyl halides is 1. The number of hydrogen-bond donors (Lipinski definition) is 1. The summed E-state index contributed by atoms with van der Waals surface area (Å²) in [5.41, 5.74) is 3.47. The zero-order valence-corrected chi connectivity index (χ0v) is 12.2. The molecule has 0 saturated carbocycles. The van der Waals surface area contributed by atoms with Crippen molar-refractivity contribution in [3.05, 3.63) is 34.9 Å². The summed E-state index contributed by atoms with van der Waals surface area (Å²) in [6, 6.07) is 6.41. The van der Waals surface area contributed by atoms with E-state index < -0.39 is 0 Å². The molecule has 0 radical (unpaired) electrons. The Kier molecular flexibility index (Phi) is 6.20. The average molecular weight is 268 g/mol. The number of benzene rings is 1. The van der Waals surface area contributed by atoms with E-state index in [0.717, 1.165) is 18.4 Å². The molecule has 0 saturated heterocycles.